The molecule has 0 saturated carbocycles. The maximum Gasteiger partial charge on any atom is 0.411 e. The van der Waals surface area contributed by atoms with Crippen LogP contribution in [0.25, 0.3) is 22.9 Å². The maximum absolute atomic E-state index is 13.3. The molecular formula is C30H30ClN9O5. The molecule has 3 amide bonds. The zero-order chi connectivity index (χ0) is 31.9. The van der Waals surface area contributed by atoms with Crippen molar-refractivity contribution in [1.82, 2.24) is 40.6 Å². The van der Waals surface area contributed by atoms with Gasteiger partial charge in [-0.05, 0) is 77.2 Å². The predicted octanol–water partition coefficient (Wildman–Crippen LogP) is 3.37. The summed E-state index contributed by atoms with van der Waals surface area (Å²) in [6.45, 7) is 2.72. The van der Waals surface area contributed by atoms with Crippen molar-refractivity contribution in [3.05, 3.63) is 87.6 Å². The summed E-state index contributed by atoms with van der Waals surface area (Å²) in [6, 6.07) is 12.8. The lowest BCUT2D eigenvalue weighted by atomic mass is 9.95. The number of aromatic amines is 1. The Labute approximate surface area is 262 Å². The van der Waals surface area contributed by atoms with Crippen molar-refractivity contribution in [2.75, 3.05) is 25.5 Å². The number of nitrogens with zero attached hydrogens (tertiary/aromatic N) is 6. The van der Waals surface area contributed by atoms with Crippen LogP contribution in [0.2, 0.25) is 5.02 Å². The lowest BCUT2D eigenvalue weighted by Gasteiger charge is -2.22. The molecule has 2 atom stereocenters. The van der Waals surface area contributed by atoms with Gasteiger partial charge in [0.15, 0.2) is 0 Å². The first kappa shape index (κ1) is 31.1. The number of nitrogens with one attached hydrogen (secondary N) is 3. The number of rotatable bonds is 9. The summed E-state index contributed by atoms with van der Waals surface area (Å²) in [5.74, 6) is -0.309. The highest BCUT2D eigenvalue weighted by Gasteiger charge is 2.29. The molecule has 14 nitrogen and oxygen atoms in total. The van der Waals surface area contributed by atoms with Gasteiger partial charge < -0.3 is 15.0 Å². The van der Waals surface area contributed by atoms with Crippen molar-refractivity contribution < 1.29 is 19.1 Å². The number of likely N-dealkylation sites (tertiary alicyclic amines) is 1. The van der Waals surface area contributed by atoms with Gasteiger partial charge in [0.05, 0.1) is 30.1 Å². The Morgan fingerprint density at radius 3 is 2.67 bits per heavy atom. The number of methoxy groups -OCH3 is 1. The zero-order valence-electron chi connectivity index (χ0n) is 24.4. The van der Waals surface area contributed by atoms with Crippen molar-refractivity contribution in [3.8, 4) is 16.8 Å². The molecule has 3 N–H and O–H groups in total. The Morgan fingerprint density at radius 1 is 1.18 bits per heavy atom. The van der Waals surface area contributed by atoms with E-state index in [0.29, 0.717) is 58.3 Å². The smallest absolute Gasteiger partial charge is 0.411 e. The van der Waals surface area contributed by atoms with Gasteiger partial charge in [-0.3, -0.25) is 19.7 Å². The van der Waals surface area contributed by atoms with Gasteiger partial charge in [0.1, 0.15) is 6.33 Å². The molecule has 1 unspecified atom stereocenters. The molecule has 0 radical (unpaired) electrons. The molecule has 0 bridgehead atoms. The second kappa shape index (κ2) is 13.9. The number of tetrazole rings is 1. The minimum absolute atomic E-state index is 0.00415. The molecule has 2 aromatic heterocycles. The van der Waals surface area contributed by atoms with E-state index in [2.05, 4.69) is 41.1 Å². The first-order valence-corrected chi connectivity index (χ1v) is 14.4. The van der Waals surface area contributed by atoms with Gasteiger partial charge >= 0.3 is 6.09 Å². The van der Waals surface area contributed by atoms with Gasteiger partial charge in [0.25, 0.3) is 5.56 Å². The topological polar surface area (TPSA) is 177 Å². The SMILES string of the molecule is COC(=O)Nc1ccc(-c2cc(C(C[C@@H]3CCN(C(C)=O)C3)NC(=O)C=Cc3cc(Cl)ccc3-n3cnnn3)n[nH]c2=O)cc1. The number of benzene rings is 2. The number of amides is 3. The number of H-pyrrole nitrogens is 1. The van der Waals surface area contributed by atoms with E-state index in [1.54, 1.807) is 59.5 Å². The van der Waals surface area contributed by atoms with Crippen LogP contribution in [0.3, 0.4) is 0 Å². The highest BCUT2D eigenvalue weighted by atomic mass is 35.5. The summed E-state index contributed by atoms with van der Waals surface area (Å²) in [4.78, 5) is 51.4. The first-order valence-electron chi connectivity index (χ1n) is 14.0. The average molecular weight is 632 g/mol. The Hall–Kier alpha value is -5.37. The molecule has 1 aliphatic rings. The first-order chi connectivity index (χ1) is 21.7. The molecule has 3 heterocycles. The van der Waals surface area contributed by atoms with Crippen LogP contribution in [-0.4, -0.2) is 73.4 Å². The molecule has 15 heteroatoms. The maximum atomic E-state index is 13.3. The highest BCUT2D eigenvalue weighted by Crippen LogP contribution is 2.29. The standard InChI is InChI=1S/C30H30ClN9O5/c1-18(41)39-12-11-19(16-39)13-25(34-28(42)10-5-21-14-22(31)6-9-27(21)40-17-32-37-38-40)26-15-24(29(43)36-35-26)20-3-7-23(8-4-20)33-30(44)45-2/h3-10,14-15,17,19,25H,11-13,16H2,1-2H3,(H,33,44)(H,34,42)(H,36,43)/t19-,25?/m0/s1. The summed E-state index contributed by atoms with van der Waals surface area (Å²) in [5.41, 5.74) is 2.68. The van der Waals surface area contributed by atoms with Crippen molar-refractivity contribution in [2.24, 2.45) is 5.92 Å². The van der Waals surface area contributed by atoms with Gasteiger partial charge in [-0.1, -0.05) is 23.7 Å². The molecule has 1 fully saturated rings. The van der Waals surface area contributed by atoms with Gasteiger partial charge in [-0.15, -0.1) is 5.10 Å². The molecule has 0 aliphatic carbocycles. The molecule has 0 spiro atoms. The fraction of sp³-hybridized carbons (Fsp3) is 0.267. The number of anilines is 1. The minimum atomic E-state index is -0.614. The fourth-order valence-corrected chi connectivity index (χ4v) is 5.32. The van der Waals surface area contributed by atoms with Crippen molar-refractivity contribution in [1.29, 1.82) is 0 Å². The van der Waals surface area contributed by atoms with E-state index >= 15 is 0 Å². The van der Waals surface area contributed by atoms with Crippen LogP contribution in [0.4, 0.5) is 10.5 Å². The van der Waals surface area contributed by atoms with Crippen LogP contribution < -0.4 is 16.2 Å². The molecule has 2 aromatic carbocycles. The van der Waals surface area contributed by atoms with Crippen molar-refractivity contribution in [3.63, 3.8) is 0 Å². The second-order valence-corrected chi connectivity index (χ2v) is 10.9. The quantitative estimate of drug-likeness (QED) is 0.234. The van der Waals surface area contributed by atoms with E-state index in [1.165, 1.54) is 31.1 Å². The Balaban J connectivity index is 1.41. The van der Waals surface area contributed by atoms with Gasteiger partial charge in [0.2, 0.25) is 11.8 Å². The number of halogens is 1. The zero-order valence-corrected chi connectivity index (χ0v) is 25.2. The van der Waals surface area contributed by atoms with Crippen LogP contribution in [0.5, 0.6) is 0 Å². The third-order valence-electron chi connectivity index (χ3n) is 7.42. The van der Waals surface area contributed by atoms with Crippen LogP contribution in [0.1, 0.15) is 37.1 Å². The monoisotopic (exact) mass is 631 g/mol. The summed E-state index contributed by atoms with van der Waals surface area (Å²) < 4.78 is 6.08. The van der Waals surface area contributed by atoms with Crippen molar-refractivity contribution in [2.45, 2.75) is 25.8 Å². The molecule has 232 valence electrons. The second-order valence-electron chi connectivity index (χ2n) is 10.4. The summed E-state index contributed by atoms with van der Waals surface area (Å²) in [7, 11) is 1.27. The third kappa shape index (κ3) is 7.78. The van der Waals surface area contributed by atoms with Crippen LogP contribution in [0.15, 0.2) is 65.7 Å². The number of hydrogen-bond donors (Lipinski definition) is 3. The molecule has 1 aliphatic heterocycles. The average Bonchev–Trinajstić information content (AvgIpc) is 3.74. The minimum Gasteiger partial charge on any atom is -0.453 e. The van der Waals surface area contributed by atoms with Gasteiger partial charge in [-0.25, -0.2) is 9.89 Å². The van der Waals surface area contributed by atoms with Gasteiger partial charge in [-0.2, -0.15) is 9.78 Å². The molecule has 4 aromatic rings. The van der Waals surface area contributed by atoms with Gasteiger partial charge in [0, 0.05) is 42.4 Å². The molecule has 45 heavy (non-hydrogen) atoms. The van der Waals surface area contributed by atoms with E-state index < -0.39 is 23.6 Å². The fourth-order valence-electron chi connectivity index (χ4n) is 5.14. The Bertz CT molecular complexity index is 1770. The Kier molecular flexibility index (Phi) is 9.63. The summed E-state index contributed by atoms with van der Waals surface area (Å²) in [6.07, 6.45) is 5.06. The molecule has 5 rings (SSSR count). The Morgan fingerprint density at radius 2 is 1.98 bits per heavy atom. The van der Waals surface area contributed by atoms with E-state index in [1.807, 2.05) is 0 Å². The van der Waals surface area contributed by atoms with Crippen LogP contribution in [0, 0.1) is 5.92 Å². The van der Waals surface area contributed by atoms with E-state index in [-0.39, 0.29) is 11.8 Å². The molecular weight excluding hydrogens is 602 g/mol. The number of ether oxygens (including phenoxy) is 1. The summed E-state index contributed by atoms with van der Waals surface area (Å²) >= 11 is 6.22. The van der Waals surface area contributed by atoms with Crippen LogP contribution in [-0.2, 0) is 14.3 Å². The largest absolute Gasteiger partial charge is 0.453 e. The van der Waals surface area contributed by atoms with E-state index in [9.17, 15) is 19.2 Å². The number of aromatic nitrogens is 6. The van der Waals surface area contributed by atoms with Crippen molar-refractivity contribution >= 4 is 41.3 Å². The normalized spacial score (nSPS) is 15.2. The summed E-state index contributed by atoms with van der Waals surface area (Å²) in [5, 5.41) is 24.2. The number of carbonyl (C=O) groups excluding carboxylic acids is 3. The lowest BCUT2D eigenvalue weighted by molar-refractivity contribution is -0.128. The third-order valence-corrected chi connectivity index (χ3v) is 7.66. The lowest BCUT2D eigenvalue weighted by Crippen LogP contribution is -2.31. The highest BCUT2D eigenvalue weighted by molar-refractivity contribution is 6.30. The predicted molar refractivity (Wildman–Crippen MR) is 165 cm³/mol. The number of carbonyl (C=O) groups is 3. The van der Waals surface area contributed by atoms with E-state index in [0.717, 1.165) is 6.42 Å². The van der Waals surface area contributed by atoms with Crippen LogP contribution >= 0.6 is 11.6 Å². The van der Waals surface area contributed by atoms with E-state index in [4.69, 9.17) is 11.6 Å². The number of hydrogen-bond acceptors (Lipinski definition) is 9. The molecule has 1 saturated heterocycles.